The van der Waals surface area contributed by atoms with Crippen molar-refractivity contribution in [1.29, 1.82) is 0 Å². The number of esters is 1. The topological polar surface area (TPSA) is 61.8 Å². The number of rotatable bonds is 2. The Balaban J connectivity index is 2.00. The Morgan fingerprint density at radius 1 is 1.26 bits per heavy atom. The van der Waals surface area contributed by atoms with Gasteiger partial charge in [-0.1, -0.05) is 0 Å². The van der Waals surface area contributed by atoms with Crippen LogP contribution in [0.1, 0.15) is 5.56 Å². The molecule has 1 atom stereocenters. The number of halogens is 3. The molecule has 1 aliphatic rings. The van der Waals surface area contributed by atoms with Gasteiger partial charge >= 0.3 is 18.3 Å². The molecule has 8 heteroatoms. The highest BCUT2D eigenvalue weighted by Gasteiger charge is 2.34. The van der Waals surface area contributed by atoms with Crippen molar-refractivity contribution in [2.75, 3.05) is 6.61 Å². The van der Waals surface area contributed by atoms with E-state index in [0.29, 0.717) is 0 Å². The standard InChI is InChI=1S/C11H7F3O5/c12-11(13,14)6-1-3-7(4-2-6)18-9(15)8-5-17-10(16)19-8/h1-4,8H,5H2. The van der Waals surface area contributed by atoms with Crippen molar-refractivity contribution in [2.45, 2.75) is 12.3 Å². The van der Waals surface area contributed by atoms with E-state index in [-0.39, 0.29) is 12.4 Å². The molecule has 1 fully saturated rings. The first-order valence-electron chi connectivity index (χ1n) is 5.08. The molecule has 0 aliphatic carbocycles. The molecule has 1 heterocycles. The predicted octanol–water partition coefficient (Wildman–Crippen LogP) is 2.15. The first-order valence-corrected chi connectivity index (χ1v) is 5.08. The number of carbonyl (C=O) groups excluding carboxylic acids is 2. The highest BCUT2D eigenvalue weighted by atomic mass is 19.4. The van der Waals surface area contributed by atoms with Crippen LogP contribution in [0.4, 0.5) is 18.0 Å². The van der Waals surface area contributed by atoms with Crippen molar-refractivity contribution in [3.05, 3.63) is 29.8 Å². The zero-order chi connectivity index (χ0) is 14.0. The summed E-state index contributed by atoms with van der Waals surface area (Å²) in [5.74, 6) is -0.994. The van der Waals surface area contributed by atoms with Gasteiger partial charge in [-0.05, 0) is 24.3 Å². The first-order chi connectivity index (χ1) is 8.86. The summed E-state index contributed by atoms with van der Waals surface area (Å²) in [5, 5.41) is 0. The molecule has 0 bridgehead atoms. The highest BCUT2D eigenvalue weighted by Crippen LogP contribution is 2.30. The molecule has 0 amide bonds. The Hall–Kier alpha value is -2.25. The normalized spacial score (nSPS) is 18.7. The van der Waals surface area contributed by atoms with Crippen LogP contribution in [0.2, 0.25) is 0 Å². The highest BCUT2D eigenvalue weighted by molar-refractivity contribution is 5.81. The second kappa shape index (κ2) is 4.79. The van der Waals surface area contributed by atoms with Crippen LogP contribution in [0.15, 0.2) is 24.3 Å². The molecular weight excluding hydrogens is 269 g/mol. The summed E-state index contributed by atoms with van der Waals surface area (Å²) in [6.45, 7) is -0.279. The molecule has 1 aromatic carbocycles. The van der Waals surface area contributed by atoms with Gasteiger partial charge in [-0.2, -0.15) is 13.2 Å². The molecule has 0 spiro atoms. The average Bonchev–Trinajstić information content (AvgIpc) is 2.75. The summed E-state index contributed by atoms with van der Waals surface area (Å²) in [6, 6.07) is 3.55. The van der Waals surface area contributed by atoms with Crippen LogP contribution in [-0.2, 0) is 20.4 Å². The molecule has 1 saturated heterocycles. The van der Waals surface area contributed by atoms with Crippen LogP contribution in [-0.4, -0.2) is 24.8 Å². The van der Waals surface area contributed by atoms with Crippen molar-refractivity contribution in [1.82, 2.24) is 0 Å². The minimum atomic E-state index is -4.46. The number of hydrogen-bond acceptors (Lipinski definition) is 5. The second-order valence-corrected chi connectivity index (χ2v) is 3.61. The van der Waals surface area contributed by atoms with Crippen molar-refractivity contribution in [3.8, 4) is 5.75 Å². The third-order valence-corrected chi connectivity index (χ3v) is 2.25. The monoisotopic (exact) mass is 276 g/mol. The van der Waals surface area contributed by atoms with Crippen LogP contribution in [0.5, 0.6) is 5.75 Å². The van der Waals surface area contributed by atoms with E-state index in [1.165, 1.54) is 0 Å². The maximum absolute atomic E-state index is 12.3. The summed E-state index contributed by atoms with van der Waals surface area (Å²) in [5.41, 5.74) is -0.858. The van der Waals surface area contributed by atoms with Gasteiger partial charge in [0.05, 0.1) is 5.56 Å². The fraction of sp³-hybridized carbons (Fsp3) is 0.273. The Labute approximate surface area is 104 Å². The van der Waals surface area contributed by atoms with E-state index in [4.69, 9.17) is 4.74 Å². The maximum Gasteiger partial charge on any atom is 0.509 e. The van der Waals surface area contributed by atoms with Gasteiger partial charge in [0.2, 0.25) is 6.10 Å². The first kappa shape index (κ1) is 13.2. The lowest BCUT2D eigenvalue weighted by atomic mass is 10.2. The molecule has 1 aliphatic heterocycles. The second-order valence-electron chi connectivity index (χ2n) is 3.61. The summed E-state index contributed by atoms with van der Waals surface area (Å²) < 4.78 is 50.5. The number of cyclic esters (lactones) is 2. The van der Waals surface area contributed by atoms with Crippen molar-refractivity contribution in [3.63, 3.8) is 0 Å². The van der Waals surface area contributed by atoms with E-state index in [1.807, 2.05) is 0 Å². The van der Waals surface area contributed by atoms with Gasteiger partial charge in [0.1, 0.15) is 12.4 Å². The summed E-state index contributed by atoms with van der Waals surface area (Å²) >= 11 is 0. The van der Waals surface area contributed by atoms with Gasteiger partial charge in [0, 0.05) is 0 Å². The zero-order valence-corrected chi connectivity index (χ0v) is 9.27. The minimum absolute atomic E-state index is 0.0825. The Morgan fingerprint density at radius 2 is 1.89 bits per heavy atom. The zero-order valence-electron chi connectivity index (χ0n) is 9.27. The molecular formula is C11H7F3O5. The van der Waals surface area contributed by atoms with Crippen LogP contribution in [0, 0.1) is 0 Å². The molecule has 19 heavy (non-hydrogen) atoms. The quantitative estimate of drug-likeness (QED) is 0.611. The number of carbonyl (C=O) groups is 2. The lowest BCUT2D eigenvalue weighted by molar-refractivity contribution is -0.142. The third-order valence-electron chi connectivity index (χ3n) is 2.25. The molecule has 5 nitrogen and oxygen atoms in total. The fourth-order valence-electron chi connectivity index (χ4n) is 1.34. The molecule has 0 N–H and O–H groups in total. The summed E-state index contributed by atoms with van der Waals surface area (Å²) in [7, 11) is 0. The van der Waals surface area contributed by atoms with Gasteiger partial charge < -0.3 is 14.2 Å². The fourth-order valence-corrected chi connectivity index (χ4v) is 1.34. The van der Waals surface area contributed by atoms with Crippen LogP contribution < -0.4 is 4.74 Å². The number of alkyl halides is 3. The van der Waals surface area contributed by atoms with Crippen LogP contribution in [0.25, 0.3) is 0 Å². The molecule has 0 radical (unpaired) electrons. The lowest BCUT2D eigenvalue weighted by Crippen LogP contribution is -2.27. The summed E-state index contributed by atoms with van der Waals surface area (Å²) in [4.78, 5) is 22.0. The van der Waals surface area contributed by atoms with E-state index in [9.17, 15) is 22.8 Å². The number of hydrogen-bond donors (Lipinski definition) is 0. The summed E-state index contributed by atoms with van der Waals surface area (Å²) in [6.07, 6.45) is -6.65. The number of benzene rings is 1. The third kappa shape index (κ3) is 3.15. The van der Waals surface area contributed by atoms with Gasteiger partial charge in [-0.15, -0.1) is 0 Å². The van der Waals surface area contributed by atoms with Crippen LogP contribution >= 0.6 is 0 Å². The Morgan fingerprint density at radius 3 is 2.37 bits per heavy atom. The van der Waals surface area contributed by atoms with Crippen molar-refractivity contribution in [2.24, 2.45) is 0 Å². The van der Waals surface area contributed by atoms with Crippen molar-refractivity contribution >= 4 is 12.1 Å². The van der Waals surface area contributed by atoms with Crippen molar-refractivity contribution < 1.29 is 37.0 Å². The molecule has 2 rings (SSSR count). The van der Waals surface area contributed by atoms with Gasteiger partial charge in [-0.25, -0.2) is 9.59 Å². The largest absolute Gasteiger partial charge is 0.509 e. The Bertz CT molecular complexity index is 494. The van der Waals surface area contributed by atoms with Gasteiger partial charge in [0.15, 0.2) is 0 Å². The van der Waals surface area contributed by atoms with E-state index >= 15 is 0 Å². The maximum atomic E-state index is 12.3. The SMILES string of the molecule is O=C1OCC(C(=O)Oc2ccc(C(F)(F)F)cc2)O1. The van der Waals surface area contributed by atoms with Gasteiger partial charge in [-0.3, -0.25) is 0 Å². The molecule has 1 unspecified atom stereocenters. The smallest absolute Gasteiger partial charge is 0.430 e. The molecule has 0 saturated carbocycles. The predicted molar refractivity (Wildman–Crippen MR) is 53.3 cm³/mol. The Kier molecular flexibility index (Phi) is 3.32. The van der Waals surface area contributed by atoms with E-state index < -0.39 is 30.0 Å². The minimum Gasteiger partial charge on any atom is -0.430 e. The van der Waals surface area contributed by atoms with Gasteiger partial charge in [0.25, 0.3) is 0 Å². The van der Waals surface area contributed by atoms with Crippen LogP contribution in [0.3, 0.4) is 0 Å². The number of ether oxygens (including phenoxy) is 3. The molecule has 0 aromatic heterocycles. The molecule has 1 aromatic rings. The molecule has 102 valence electrons. The van der Waals surface area contributed by atoms with E-state index in [0.717, 1.165) is 24.3 Å². The average molecular weight is 276 g/mol. The lowest BCUT2D eigenvalue weighted by Gasteiger charge is -2.09. The van der Waals surface area contributed by atoms with E-state index in [2.05, 4.69) is 9.47 Å². The van der Waals surface area contributed by atoms with E-state index in [1.54, 1.807) is 0 Å².